The van der Waals surface area contributed by atoms with Crippen LogP contribution in [0, 0.1) is 0 Å². The van der Waals surface area contributed by atoms with Crippen LogP contribution in [-0.2, 0) is 0 Å². The van der Waals surface area contributed by atoms with Crippen LogP contribution < -0.4 is 0 Å². The van der Waals surface area contributed by atoms with Gasteiger partial charge in [-0.2, -0.15) is 0 Å². The molecule has 0 aromatic carbocycles. The van der Waals surface area contributed by atoms with Crippen LogP contribution in [0.25, 0.3) is 0 Å². The minimum Gasteiger partial charge on any atom is -0.248 e. The van der Waals surface area contributed by atoms with E-state index in [1.165, 1.54) is 25.2 Å². The van der Waals surface area contributed by atoms with Gasteiger partial charge in [0.05, 0.1) is 4.83 Å². The molecule has 0 aliphatic rings. The highest BCUT2D eigenvalue weighted by Gasteiger charge is 2.29. The minimum absolute atomic E-state index is 0.296. The Morgan fingerprint density at radius 1 is 1.73 bits per heavy atom. The first kappa shape index (κ1) is 9.13. The second-order valence-electron chi connectivity index (χ2n) is 2.80. The molecule has 11 heavy (non-hydrogen) atoms. The highest BCUT2D eigenvalue weighted by molar-refractivity contribution is 9.09. The number of aromatic nitrogens is 1. The summed E-state index contributed by atoms with van der Waals surface area (Å²) in [6.07, 6.45) is 1.68. The molecule has 0 radical (unpaired) electrons. The Labute approximate surface area is 77.8 Å². The number of nitrogens with zero attached hydrogens (tertiary/aromatic N) is 1. The highest BCUT2D eigenvalue weighted by atomic mass is 79.9. The van der Waals surface area contributed by atoms with Crippen LogP contribution in [0.2, 0.25) is 0 Å². The van der Waals surface area contributed by atoms with Gasteiger partial charge in [0.15, 0.2) is 0 Å². The first-order valence-corrected chi connectivity index (χ1v) is 5.03. The standard InChI is InChI=1S/C7H9BrFNS/c1-7(2,9)5(8)6-10-3-4-11-6/h3-5H,1-2H3. The molecule has 1 rings (SSSR count). The Morgan fingerprint density at radius 2 is 2.36 bits per heavy atom. The SMILES string of the molecule is CC(C)(F)C(Br)c1nccs1. The van der Waals surface area contributed by atoms with Crippen LogP contribution in [0.5, 0.6) is 0 Å². The predicted molar refractivity (Wildman–Crippen MR) is 49.0 cm³/mol. The van der Waals surface area contributed by atoms with Gasteiger partial charge in [-0.05, 0) is 13.8 Å². The quantitative estimate of drug-likeness (QED) is 0.720. The lowest BCUT2D eigenvalue weighted by atomic mass is 10.1. The molecule has 1 aromatic heterocycles. The summed E-state index contributed by atoms with van der Waals surface area (Å²) in [5, 5.41) is 2.63. The largest absolute Gasteiger partial charge is 0.248 e. The second kappa shape index (κ2) is 3.19. The lowest BCUT2D eigenvalue weighted by molar-refractivity contribution is 0.215. The van der Waals surface area contributed by atoms with E-state index in [0.717, 1.165) is 5.01 Å². The number of thiazole rings is 1. The molecule has 1 heterocycles. The molecule has 0 N–H and O–H groups in total. The maximum Gasteiger partial charge on any atom is 0.124 e. The van der Waals surface area contributed by atoms with E-state index >= 15 is 0 Å². The fourth-order valence-electron chi connectivity index (χ4n) is 0.653. The minimum atomic E-state index is -1.25. The third-order valence-corrected chi connectivity index (χ3v) is 3.94. The third kappa shape index (κ3) is 2.24. The first-order valence-electron chi connectivity index (χ1n) is 3.24. The van der Waals surface area contributed by atoms with Crippen molar-refractivity contribution >= 4 is 27.3 Å². The van der Waals surface area contributed by atoms with E-state index in [0.29, 0.717) is 0 Å². The lowest BCUT2D eigenvalue weighted by Gasteiger charge is -2.18. The summed E-state index contributed by atoms with van der Waals surface area (Å²) in [5.41, 5.74) is -1.25. The maximum absolute atomic E-state index is 13.3. The molecule has 0 saturated heterocycles. The van der Waals surface area contributed by atoms with E-state index in [1.54, 1.807) is 6.20 Å². The van der Waals surface area contributed by atoms with Crippen LogP contribution in [0.15, 0.2) is 11.6 Å². The summed E-state index contributed by atoms with van der Waals surface area (Å²) in [6.45, 7) is 3.07. The van der Waals surface area contributed by atoms with Crippen LogP contribution in [0.4, 0.5) is 4.39 Å². The summed E-state index contributed by atoms with van der Waals surface area (Å²) >= 11 is 4.72. The third-order valence-electron chi connectivity index (χ3n) is 1.27. The zero-order valence-electron chi connectivity index (χ0n) is 6.34. The van der Waals surface area contributed by atoms with Crippen LogP contribution in [0.3, 0.4) is 0 Å². The molecule has 1 nitrogen and oxygen atoms in total. The molecule has 0 bridgehead atoms. The van der Waals surface area contributed by atoms with Gasteiger partial charge in [-0.25, -0.2) is 9.37 Å². The molecule has 4 heteroatoms. The van der Waals surface area contributed by atoms with Crippen LogP contribution >= 0.6 is 27.3 Å². The van der Waals surface area contributed by atoms with E-state index in [1.807, 2.05) is 5.38 Å². The van der Waals surface area contributed by atoms with Gasteiger partial charge in [-0.1, -0.05) is 15.9 Å². The van der Waals surface area contributed by atoms with E-state index in [9.17, 15) is 4.39 Å². The fraction of sp³-hybridized carbons (Fsp3) is 0.571. The maximum atomic E-state index is 13.3. The topological polar surface area (TPSA) is 12.9 Å². The molecule has 0 saturated carbocycles. The average Bonchev–Trinajstić information content (AvgIpc) is 2.34. The molecule has 1 unspecified atom stereocenters. The molecule has 0 spiro atoms. The summed E-state index contributed by atoms with van der Waals surface area (Å²) in [5.74, 6) is 0. The van der Waals surface area contributed by atoms with Crippen molar-refractivity contribution in [2.24, 2.45) is 0 Å². The van der Waals surface area contributed by atoms with Crippen molar-refractivity contribution in [3.8, 4) is 0 Å². The van der Waals surface area contributed by atoms with Crippen molar-refractivity contribution in [3.05, 3.63) is 16.6 Å². The second-order valence-corrected chi connectivity index (χ2v) is 4.64. The van der Waals surface area contributed by atoms with E-state index in [4.69, 9.17) is 0 Å². The molecular formula is C7H9BrFNS. The fourth-order valence-corrected chi connectivity index (χ4v) is 1.88. The van der Waals surface area contributed by atoms with Gasteiger partial charge in [-0.3, -0.25) is 0 Å². The van der Waals surface area contributed by atoms with Crippen molar-refractivity contribution < 1.29 is 4.39 Å². The van der Waals surface area contributed by atoms with Gasteiger partial charge in [0, 0.05) is 11.6 Å². The molecular weight excluding hydrogens is 229 g/mol. The van der Waals surface area contributed by atoms with E-state index in [2.05, 4.69) is 20.9 Å². The normalized spacial score (nSPS) is 14.9. The number of hydrogen-bond donors (Lipinski definition) is 0. The highest BCUT2D eigenvalue weighted by Crippen LogP contribution is 2.37. The number of rotatable bonds is 2. The molecule has 0 aliphatic heterocycles. The van der Waals surface area contributed by atoms with Crippen molar-refractivity contribution in [2.45, 2.75) is 24.3 Å². The zero-order valence-corrected chi connectivity index (χ0v) is 8.75. The predicted octanol–water partition coefficient (Wildman–Crippen LogP) is 3.33. The van der Waals surface area contributed by atoms with Gasteiger partial charge in [0.25, 0.3) is 0 Å². The van der Waals surface area contributed by atoms with Gasteiger partial charge in [0.1, 0.15) is 10.7 Å². The van der Waals surface area contributed by atoms with Crippen LogP contribution in [-0.4, -0.2) is 10.7 Å². The number of hydrogen-bond acceptors (Lipinski definition) is 2. The Bertz CT molecular complexity index is 217. The van der Waals surface area contributed by atoms with Gasteiger partial charge in [0.2, 0.25) is 0 Å². The van der Waals surface area contributed by atoms with E-state index in [-0.39, 0.29) is 4.83 Å². The molecule has 0 fully saturated rings. The monoisotopic (exact) mass is 237 g/mol. The molecule has 62 valence electrons. The van der Waals surface area contributed by atoms with Crippen molar-refractivity contribution in [1.82, 2.24) is 4.98 Å². The lowest BCUT2D eigenvalue weighted by Crippen LogP contribution is -2.18. The molecule has 1 aromatic rings. The number of alkyl halides is 2. The molecule has 1 atom stereocenters. The van der Waals surface area contributed by atoms with E-state index < -0.39 is 5.67 Å². The summed E-state index contributed by atoms with van der Waals surface area (Å²) in [6, 6.07) is 0. The Morgan fingerprint density at radius 3 is 2.73 bits per heavy atom. The van der Waals surface area contributed by atoms with Gasteiger partial charge in [-0.15, -0.1) is 11.3 Å². The Balaban J connectivity index is 2.78. The van der Waals surface area contributed by atoms with Crippen molar-refractivity contribution in [2.75, 3.05) is 0 Å². The Kier molecular flexibility index (Phi) is 2.65. The van der Waals surface area contributed by atoms with Crippen LogP contribution in [0.1, 0.15) is 23.7 Å². The van der Waals surface area contributed by atoms with Crippen molar-refractivity contribution in [3.63, 3.8) is 0 Å². The van der Waals surface area contributed by atoms with Gasteiger partial charge >= 0.3 is 0 Å². The first-order chi connectivity index (χ1) is 5.02. The van der Waals surface area contributed by atoms with Crippen molar-refractivity contribution in [1.29, 1.82) is 0 Å². The molecule has 0 amide bonds. The smallest absolute Gasteiger partial charge is 0.124 e. The average molecular weight is 238 g/mol. The number of halogens is 2. The summed E-state index contributed by atoms with van der Waals surface area (Å²) < 4.78 is 13.3. The Hall–Kier alpha value is 0.0400. The summed E-state index contributed by atoms with van der Waals surface area (Å²) in [7, 11) is 0. The zero-order chi connectivity index (χ0) is 8.48. The van der Waals surface area contributed by atoms with Gasteiger partial charge < -0.3 is 0 Å². The summed E-state index contributed by atoms with van der Waals surface area (Å²) in [4.78, 5) is 3.72. The molecule has 0 aliphatic carbocycles.